The van der Waals surface area contributed by atoms with Crippen molar-refractivity contribution in [3.05, 3.63) is 47.9 Å². The van der Waals surface area contributed by atoms with Gasteiger partial charge < -0.3 is 15.8 Å². The van der Waals surface area contributed by atoms with E-state index in [2.05, 4.69) is 15.3 Å². The Bertz CT molecular complexity index is 601. The minimum Gasteiger partial charge on any atom is -0.496 e. The number of aromatic nitrogens is 2. The van der Waals surface area contributed by atoms with Gasteiger partial charge in [-0.15, -0.1) is 0 Å². The third-order valence-electron chi connectivity index (χ3n) is 2.76. The summed E-state index contributed by atoms with van der Waals surface area (Å²) in [5, 5.41) is 2.77. The molecule has 6 heteroatoms. The second-order valence-corrected chi connectivity index (χ2v) is 4.15. The van der Waals surface area contributed by atoms with Gasteiger partial charge in [0.25, 0.3) is 5.91 Å². The number of amides is 1. The molecule has 0 spiro atoms. The van der Waals surface area contributed by atoms with Gasteiger partial charge in [0.2, 0.25) is 0 Å². The van der Waals surface area contributed by atoms with Gasteiger partial charge in [0.1, 0.15) is 17.3 Å². The van der Waals surface area contributed by atoms with Gasteiger partial charge in [-0.1, -0.05) is 18.2 Å². The number of benzene rings is 1. The Kier molecular flexibility index (Phi) is 4.49. The van der Waals surface area contributed by atoms with E-state index in [-0.39, 0.29) is 17.4 Å². The molecule has 0 saturated heterocycles. The van der Waals surface area contributed by atoms with E-state index in [1.165, 1.54) is 12.4 Å². The molecule has 104 valence electrons. The maximum atomic E-state index is 11.8. The molecule has 1 aromatic heterocycles. The molecule has 0 aliphatic rings. The van der Waals surface area contributed by atoms with Crippen LogP contribution in [0.4, 0.5) is 5.82 Å². The maximum absolute atomic E-state index is 11.8. The van der Waals surface area contributed by atoms with E-state index in [1.807, 2.05) is 24.3 Å². The van der Waals surface area contributed by atoms with Crippen molar-refractivity contribution >= 4 is 11.7 Å². The number of ether oxygens (including phenoxy) is 1. The fourth-order valence-electron chi connectivity index (χ4n) is 1.80. The van der Waals surface area contributed by atoms with E-state index in [0.29, 0.717) is 13.0 Å². The molecule has 1 aromatic carbocycles. The second-order valence-electron chi connectivity index (χ2n) is 4.15. The highest BCUT2D eigenvalue weighted by Gasteiger charge is 2.08. The zero-order valence-corrected chi connectivity index (χ0v) is 11.2. The Hall–Kier alpha value is -2.63. The second kappa shape index (κ2) is 6.51. The van der Waals surface area contributed by atoms with E-state index in [4.69, 9.17) is 10.5 Å². The summed E-state index contributed by atoms with van der Waals surface area (Å²) < 4.78 is 5.25. The number of nitrogen functional groups attached to an aromatic ring is 1. The van der Waals surface area contributed by atoms with Gasteiger partial charge in [-0.3, -0.25) is 9.78 Å². The lowest BCUT2D eigenvalue weighted by Gasteiger charge is -2.08. The number of nitrogens with zero attached hydrogens (tertiary/aromatic N) is 2. The van der Waals surface area contributed by atoms with Crippen molar-refractivity contribution in [1.29, 1.82) is 0 Å². The van der Waals surface area contributed by atoms with Crippen molar-refractivity contribution in [2.24, 2.45) is 0 Å². The number of hydrogen-bond acceptors (Lipinski definition) is 5. The summed E-state index contributed by atoms with van der Waals surface area (Å²) in [6, 6.07) is 7.69. The van der Waals surface area contributed by atoms with E-state index in [9.17, 15) is 4.79 Å². The van der Waals surface area contributed by atoms with Crippen LogP contribution in [-0.4, -0.2) is 29.5 Å². The van der Waals surface area contributed by atoms with Crippen LogP contribution in [0, 0.1) is 0 Å². The number of carbonyl (C=O) groups excluding carboxylic acids is 1. The Morgan fingerprint density at radius 3 is 2.90 bits per heavy atom. The van der Waals surface area contributed by atoms with Crippen molar-refractivity contribution < 1.29 is 9.53 Å². The third kappa shape index (κ3) is 3.44. The van der Waals surface area contributed by atoms with Crippen LogP contribution in [0.1, 0.15) is 16.1 Å². The molecule has 2 aromatic rings. The van der Waals surface area contributed by atoms with E-state index in [0.717, 1.165) is 11.3 Å². The average Bonchev–Trinajstić information content (AvgIpc) is 2.47. The molecule has 0 fully saturated rings. The first kappa shape index (κ1) is 13.8. The summed E-state index contributed by atoms with van der Waals surface area (Å²) in [5.74, 6) is 0.743. The number of methoxy groups -OCH3 is 1. The SMILES string of the molecule is COc1ccccc1CCNC(=O)c1cncc(N)n1. The van der Waals surface area contributed by atoms with Crippen LogP contribution < -0.4 is 15.8 Å². The Labute approximate surface area is 117 Å². The zero-order valence-electron chi connectivity index (χ0n) is 11.2. The summed E-state index contributed by atoms with van der Waals surface area (Å²) in [6.07, 6.45) is 3.45. The molecule has 3 N–H and O–H groups in total. The topological polar surface area (TPSA) is 90.1 Å². The molecule has 6 nitrogen and oxygen atoms in total. The van der Waals surface area contributed by atoms with Crippen molar-refractivity contribution in [3.63, 3.8) is 0 Å². The average molecular weight is 272 g/mol. The Morgan fingerprint density at radius 1 is 1.35 bits per heavy atom. The maximum Gasteiger partial charge on any atom is 0.271 e. The predicted molar refractivity (Wildman–Crippen MR) is 75.5 cm³/mol. The fourth-order valence-corrected chi connectivity index (χ4v) is 1.80. The molecule has 0 aliphatic carbocycles. The van der Waals surface area contributed by atoms with Crippen molar-refractivity contribution in [3.8, 4) is 5.75 Å². The molecule has 1 heterocycles. The van der Waals surface area contributed by atoms with Crippen LogP contribution in [0.2, 0.25) is 0 Å². The molecule has 0 saturated carbocycles. The standard InChI is InChI=1S/C14H16N4O2/c1-20-12-5-3-2-4-10(12)6-7-17-14(19)11-8-16-9-13(15)18-11/h2-5,8-9H,6-7H2,1H3,(H2,15,18)(H,17,19). The van der Waals surface area contributed by atoms with Crippen LogP contribution >= 0.6 is 0 Å². The number of anilines is 1. The summed E-state index contributed by atoms with van der Waals surface area (Å²) >= 11 is 0. The number of rotatable bonds is 5. The third-order valence-corrected chi connectivity index (χ3v) is 2.76. The summed E-state index contributed by atoms with van der Waals surface area (Å²) in [7, 11) is 1.62. The highest BCUT2D eigenvalue weighted by Crippen LogP contribution is 2.17. The van der Waals surface area contributed by atoms with Gasteiger partial charge in [-0.25, -0.2) is 4.98 Å². The first-order valence-electron chi connectivity index (χ1n) is 6.18. The molecule has 20 heavy (non-hydrogen) atoms. The highest BCUT2D eigenvalue weighted by molar-refractivity contribution is 5.92. The number of para-hydroxylation sites is 1. The predicted octanol–water partition coefficient (Wildman–Crippen LogP) is 1.04. The van der Waals surface area contributed by atoms with Crippen LogP contribution in [0.3, 0.4) is 0 Å². The van der Waals surface area contributed by atoms with Gasteiger partial charge in [-0.05, 0) is 18.1 Å². The molecule has 1 amide bonds. The van der Waals surface area contributed by atoms with Gasteiger partial charge in [0.15, 0.2) is 0 Å². The number of nitrogens with one attached hydrogen (secondary N) is 1. The van der Waals surface area contributed by atoms with Gasteiger partial charge in [0, 0.05) is 6.54 Å². The fraction of sp³-hybridized carbons (Fsp3) is 0.214. The minimum atomic E-state index is -0.292. The quantitative estimate of drug-likeness (QED) is 0.848. The monoisotopic (exact) mass is 272 g/mol. The minimum absolute atomic E-state index is 0.213. The van der Waals surface area contributed by atoms with E-state index < -0.39 is 0 Å². The number of hydrogen-bond donors (Lipinski definition) is 2. The lowest BCUT2D eigenvalue weighted by molar-refractivity contribution is 0.0949. The molecule has 0 bridgehead atoms. The van der Waals surface area contributed by atoms with Crippen LogP contribution in [0.25, 0.3) is 0 Å². The van der Waals surface area contributed by atoms with Crippen LogP contribution in [0.5, 0.6) is 5.75 Å². The Balaban J connectivity index is 1.91. The van der Waals surface area contributed by atoms with E-state index in [1.54, 1.807) is 7.11 Å². The van der Waals surface area contributed by atoms with Crippen LogP contribution in [-0.2, 0) is 6.42 Å². The lowest BCUT2D eigenvalue weighted by Crippen LogP contribution is -2.27. The largest absolute Gasteiger partial charge is 0.496 e. The van der Waals surface area contributed by atoms with Gasteiger partial charge >= 0.3 is 0 Å². The zero-order chi connectivity index (χ0) is 14.4. The van der Waals surface area contributed by atoms with Gasteiger partial charge in [-0.2, -0.15) is 0 Å². The highest BCUT2D eigenvalue weighted by atomic mass is 16.5. The summed E-state index contributed by atoms with van der Waals surface area (Å²) in [4.78, 5) is 19.6. The lowest BCUT2D eigenvalue weighted by atomic mass is 10.1. The number of carbonyl (C=O) groups is 1. The Morgan fingerprint density at radius 2 is 2.15 bits per heavy atom. The first-order valence-corrected chi connectivity index (χ1v) is 6.18. The first-order chi connectivity index (χ1) is 9.70. The normalized spacial score (nSPS) is 10.1. The molecule has 0 atom stereocenters. The number of nitrogens with two attached hydrogens (primary N) is 1. The molecular weight excluding hydrogens is 256 g/mol. The van der Waals surface area contributed by atoms with Gasteiger partial charge in [0.05, 0.1) is 19.5 Å². The molecule has 0 aliphatic heterocycles. The summed E-state index contributed by atoms with van der Waals surface area (Å²) in [5.41, 5.74) is 6.73. The molecule has 2 rings (SSSR count). The molecule has 0 unspecified atom stereocenters. The summed E-state index contributed by atoms with van der Waals surface area (Å²) in [6.45, 7) is 0.482. The van der Waals surface area contributed by atoms with Crippen LogP contribution in [0.15, 0.2) is 36.7 Å². The van der Waals surface area contributed by atoms with Crippen molar-refractivity contribution in [2.45, 2.75) is 6.42 Å². The smallest absolute Gasteiger partial charge is 0.271 e. The molecule has 0 radical (unpaired) electrons. The molecular formula is C14H16N4O2. The van der Waals surface area contributed by atoms with Crippen molar-refractivity contribution in [1.82, 2.24) is 15.3 Å². The van der Waals surface area contributed by atoms with E-state index >= 15 is 0 Å². The van der Waals surface area contributed by atoms with Crippen molar-refractivity contribution in [2.75, 3.05) is 19.4 Å².